The molecule has 0 unspecified atom stereocenters. The normalized spacial score (nSPS) is 23.8. The summed E-state index contributed by atoms with van der Waals surface area (Å²) in [6.07, 6.45) is 1.90. The number of furan rings is 1. The van der Waals surface area contributed by atoms with Gasteiger partial charge in [0.1, 0.15) is 17.3 Å². The SMILES string of the molecule is CC.CC(=O)[C@@H]1CC[C@@H](c2ccc(C)o2)N1. The molecule has 0 saturated carbocycles. The number of hydrogen-bond acceptors (Lipinski definition) is 3. The van der Waals surface area contributed by atoms with Crippen LogP contribution in [-0.4, -0.2) is 11.8 Å². The molecule has 16 heavy (non-hydrogen) atoms. The summed E-state index contributed by atoms with van der Waals surface area (Å²) in [6.45, 7) is 7.56. The van der Waals surface area contributed by atoms with Crippen LogP contribution in [0.15, 0.2) is 16.5 Å². The van der Waals surface area contributed by atoms with Gasteiger partial charge >= 0.3 is 0 Å². The van der Waals surface area contributed by atoms with Gasteiger partial charge in [-0.1, -0.05) is 13.8 Å². The number of Topliss-reactive ketones (excluding diaryl/α,β-unsaturated/α-hetero) is 1. The maximum Gasteiger partial charge on any atom is 0.146 e. The Balaban J connectivity index is 0.000000606. The minimum atomic E-state index is 0.0189. The zero-order chi connectivity index (χ0) is 12.1. The third kappa shape index (κ3) is 2.95. The summed E-state index contributed by atoms with van der Waals surface area (Å²) >= 11 is 0. The Kier molecular flexibility index (Phi) is 4.74. The molecule has 1 fully saturated rings. The van der Waals surface area contributed by atoms with Crippen molar-refractivity contribution < 1.29 is 9.21 Å². The second-order valence-corrected chi connectivity index (χ2v) is 3.91. The smallest absolute Gasteiger partial charge is 0.146 e. The predicted molar refractivity (Wildman–Crippen MR) is 64.4 cm³/mol. The van der Waals surface area contributed by atoms with Crippen LogP contribution in [0, 0.1) is 6.92 Å². The first-order valence-corrected chi connectivity index (χ1v) is 5.99. The molecule has 0 bridgehead atoms. The van der Waals surface area contributed by atoms with Crippen LogP contribution in [0.2, 0.25) is 0 Å². The lowest BCUT2D eigenvalue weighted by atomic mass is 10.1. The van der Waals surface area contributed by atoms with Gasteiger partial charge in [0.05, 0.1) is 12.1 Å². The fourth-order valence-corrected chi connectivity index (χ4v) is 1.93. The lowest BCUT2D eigenvalue weighted by molar-refractivity contribution is -0.118. The molecule has 1 aromatic rings. The summed E-state index contributed by atoms with van der Waals surface area (Å²) in [5.41, 5.74) is 0. The topological polar surface area (TPSA) is 42.2 Å². The van der Waals surface area contributed by atoms with Gasteiger partial charge in [-0.25, -0.2) is 0 Å². The van der Waals surface area contributed by atoms with Gasteiger partial charge < -0.3 is 4.42 Å². The van der Waals surface area contributed by atoms with Crippen LogP contribution >= 0.6 is 0 Å². The fourth-order valence-electron chi connectivity index (χ4n) is 1.93. The molecule has 3 heteroatoms. The fraction of sp³-hybridized carbons (Fsp3) is 0.615. The van der Waals surface area contributed by atoms with Gasteiger partial charge in [0, 0.05) is 0 Å². The first kappa shape index (κ1) is 13.0. The highest BCUT2D eigenvalue weighted by Gasteiger charge is 2.29. The van der Waals surface area contributed by atoms with Gasteiger partial charge in [0.25, 0.3) is 0 Å². The van der Waals surface area contributed by atoms with E-state index in [-0.39, 0.29) is 17.9 Å². The largest absolute Gasteiger partial charge is 0.465 e. The molecule has 2 rings (SSSR count). The van der Waals surface area contributed by atoms with Crippen LogP contribution in [0.25, 0.3) is 0 Å². The van der Waals surface area contributed by atoms with Gasteiger partial charge in [-0.2, -0.15) is 0 Å². The Morgan fingerprint density at radius 1 is 1.38 bits per heavy atom. The number of rotatable bonds is 2. The molecule has 0 aromatic carbocycles. The summed E-state index contributed by atoms with van der Waals surface area (Å²) < 4.78 is 5.52. The first-order valence-electron chi connectivity index (χ1n) is 5.99. The van der Waals surface area contributed by atoms with Crippen molar-refractivity contribution >= 4 is 5.78 Å². The zero-order valence-electron chi connectivity index (χ0n) is 10.5. The summed E-state index contributed by atoms with van der Waals surface area (Å²) in [5, 5.41) is 3.28. The minimum Gasteiger partial charge on any atom is -0.465 e. The zero-order valence-corrected chi connectivity index (χ0v) is 10.5. The van der Waals surface area contributed by atoms with Gasteiger partial charge in [0.2, 0.25) is 0 Å². The average Bonchev–Trinajstić information content (AvgIpc) is 2.88. The summed E-state index contributed by atoms with van der Waals surface area (Å²) in [4.78, 5) is 11.1. The Bertz CT molecular complexity index is 343. The first-order chi connectivity index (χ1) is 7.66. The second-order valence-electron chi connectivity index (χ2n) is 3.91. The molecule has 0 spiro atoms. The van der Waals surface area contributed by atoms with Crippen molar-refractivity contribution in [2.75, 3.05) is 0 Å². The van der Waals surface area contributed by atoms with Crippen molar-refractivity contribution in [1.29, 1.82) is 0 Å². The molecule has 3 nitrogen and oxygen atoms in total. The maximum atomic E-state index is 11.1. The van der Waals surface area contributed by atoms with Crippen molar-refractivity contribution in [2.24, 2.45) is 0 Å². The summed E-state index contributed by atoms with van der Waals surface area (Å²) in [6, 6.07) is 4.18. The van der Waals surface area contributed by atoms with Gasteiger partial charge in [0.15, 0.2) is 0 Å². The Morgan fingerprint density at radius 2 is 2.06 bits per heavy atom. The number of carbonyl (C=O) groups excluding carboxylic acids is 1. The minimum absolute atomic E-state index is 0.0189. The van der Waals surface area contributed by atoms with E-state index in [0.29, 0.717) is 0 Å². The molecule has 1 saturated heterocycles. The summed E-state index contributed by atoms with van der Waals surface area (Å²) in [7, 11) is 0. The van der Waals surface area contributed by atoms with Crippen molar-refractivity contribution in [1.82, 2.24) is 5.32 Å². The lowest BCUT2D eigenvalue weighted by Gasteiger charge is -2.09. The van der Waals surface area contributed by atoms with E-state index in [0.717, 1.165) is 24.4 Å². The standard InChI is InChI=1S/C11H15NO2.C2H6/c1-7-3-6-11(14-7)10-5-4-9(12-10)8(2)13;1-2/h3,6,9-10,12H,4-5H2,1-2H3;1-2H3/t9-,10-;/m0./s1. The number of ketones is 1. The van der Waals surface area contributed by atoms with Crippen molar-refractivity contribution in [2.45, 2.75) is 52.6 Å². The molecule has 1 aliphatic heterocycles. The van der Waals surface area contributed by atoms with E-state index in [1.54, 1.807) is 6.92 Å². The van der Waals surface area contributed by atoms with Crippen LogP contribution in [0.3, 0.4) is 0 Å². The molecule has 2 heterocycles. The third-order valence-corrected chi connectivity index (χ3v) is 2.74. The van der Waals surface area contributed by atoms with Crippen LogP contribution < -0.4 is 5.32 Å². The number of nitrogens with one attached hydrogen (secondary N) is 1. The monoisotopic (exact) mass is 223 g/mol. The van der Waals surface area contributed by atoms with Crippen molar-refractivity contribution in [3.8, 4) is 0 Å². The molecule has 1 N–H and O–H groups in total. The van der Waals surface area contributed by atoms with E-state index in [1.807, 2.05) is 32.9 Å². The van der Waals surface area contributed by atoms with E-state index in [2.05, 4.69) is 5.32 Å². The van der Waals surface area contributed by atoms with E-state index >= 15 is 0 Å². The van der Waals surface area contributed by atoms with E-state index in [9.17, 15) is 4.79 Å². The number of aryl methyl sites for hydroxylation is 1. The molecular formula is C13H21NO2. The number of hydrogen-bond donors (Lipinski definition) is 1. The van der Waals surface area contributed by atoms with Crippen molar-refractivity contribution in [3.05, 3.63) is 23.7 Å². The number of carbonyl (C=O) groups is 1. The van der Waals surface area contributed by atoms with E-state index in [1.165, 1.54) is 0 Å². The van der Waals surface area contributed by atoms with Crippen LogP contribution in [0.1, 0.15) is 51.2 Å². The Hall–Kier alpha value is -1.09. The lowest BCUT2D eigenvalue weighted by Crippen LogP contribution is -2.30. The molecule has 2 atom stereocenters. The second kappa shape index (κ2) is 5.85. The van der Waals surface area contributed by atoms with Gasteiger partial charge in [-0.3, -0.25) is 10.1 Å². The highest BCUT2D eigenvalue weighted by Crippen LogP contribution is 2.27. The molecule has 1 aliphatic rings. The molecular weight excluding hydrogens is 202 g/mol. The molecule has 1 aromatic heterocycles. The Labute approximate surface area is 97.2 Å². The van der Waals surface area contributed by atoms with Gasteiger partial charge in [-0.05, 0) is 38.8 Å². The Morgan fingerprint density at radius 3 is 2.50 bits per heavy atom. The van der Waals surface area contributed by atoms with Crippen molar-refractivity contribution in [3.63, 3.8) is 0 Å². The average molecular weight is 223 g/mol. The van der Waals surface area contributed by atoms with Gasteiger partial charge in [-0.15, -0.1) is 0 Å². The molecule has 0 radical (unpaired) electrons. The molecule has 0 amide bonds. The summed E-state index contributed by atoms with van der Waals surface area (Å²) in [5.74, 6) is 2.09. The van der Waals surface area contributed by atoms with E-state index < -0.39 is 0 Å². The predicted octanol–water partition coefficient (Wildman–Crippen LogP) is 3.00. The van der Waals surface area contributed by atoms with E-state index in [4.69, 9.17) is 4.42 Å². The van der Waals surface area contributed by atoms with Crippen LogP contribution in [0.4, 0.5) is 0 Å². The highest BCUT2D eigenvalue weighted by atomic mass is 16.3. The molecule has 0 aliphatic carbocycles. The quantitative estimate of drug-likeness (QED) is 0.838. The third-order valence-electron chi connectivity index (χ3n) is 2.74. The molecule has 90 valence electrons. The van der Waals surface area contributed by atoms with Crippen LogP contribution in [0.5, 0.6) is 0 Å². The van der Waals surface area contributed by atoms with Crippen LogP contribution in [-0.2, 0) is 4.79 Å². The maximum absolute atomic E-state index is 11.1. The highest BCUT2D eigenvalue weighted by molar-refractivity contribution is 5.81.